The molecule has 2 heterocycles. The number of hydrogen-bond acceptors (Lipinski definition) is 4. The van der Waals surface area contributed by atoms with E-state index in [2.05, 4.69) is 5.32 Å². The Bertz CT molecular complexity index is 1080. The van der Waals surface area contributed by atoms with E-state index in [4.69, 9.17) is 0 Å². The van der Waals surface area contributed by atoms with Crippen LogP contribution in [0.1, 0.15) is 42.5 Å². The molecule has 32 heavy (non-hydrogen) atoms. The first-order valence-corrected chi connectivity index (χ1v) is 12.3. The second-order valence-corrected chi connectivity index (χ2v) is 10.0. The van der Waals surface area contributed by atoms with Gasteiger partial charge in [-0.3, -0.25) is 9.59 Å². The van der Waals surface area contributed by atoms with Gasteiger partial charge in [-0.2, -0.15) is 4.31 Å². The third-order valence-electron chi connectivity index (χ3n) is 5.97. The molecule has 0 spiro atoms. The van der Waals surface area contributed by atoms with Crippen molar-refractivity contribution in [3.8, 4) is 0 Å². The van der Waals surface area contributed by atoms with Crippen molar-refractivity contribution in [1.82, 2.24) is 9.21 Å². The summed E-state index contributed by atoms with van der Waals surface area (Å²) < 4.78 is 40.3. The zero-order valence-corrected chi connectivity index (χ0v) is 18.5. The van der Waals surface area contributed by atoms with Crippen molar-refractivity contribution in [3.05, 3.63) is 59.9 Å². The predicted octanol–water partition coefficient (Wildman–Crippen LogP) is 3.24. The number of carbonyl (C=O) groups is 2. The Morgan fingerprint density at radius 1 is 0.875 bits per heavy atom. The van der Waals surface area contributed by atoms with Crippen molar-refractivity contribution in [1.29, 1.82) is 0 Å². The molecular weight excluding hydrogens is 433 g/mol. The Labute approximate surface area is 187 Å². The second kappa shape index (κ2) is 9.38. The Morgan fingerprint density at radius 2 is 1.53 bits per heavy atom. The summed E-state index contributed by atoms with van der Waals surface area (Å²) in [6, 6.07) is 10.4. The molecule has 170 valence electrons. The van der Waals surface area contributed by atoms with Gasteiger partial charge in [0.05, 0.1) is 4.90 Å². The Balaban J connectivity index is 1.43. The summed E-state index contributed by atoms with van der Waals surface area (Å²) in [4.78, 5) is 27.3. The standard InChI is InChI=1S/C23H26FN3O4S/c24-18-8-12-20(13-9-18)32(30,31)27-16-4-5-21(27)22(28)25-19-10-6-17(7-11-19)23(29)26-14-2-1-3-15-26/h6-13,21H,1-5,14-16H2,(H,25,28)/t21-/m0/s1. The van der Waals surface area contributed by atoms with Crippen LogP contribution in [0.15, 0.2) is 53.4 Å². The highest BCUT2D eigenvalue weighted by Gasteiger charge is 2.39. The molecule has 0 radical (unpaired) electrons. The molecule has 0 unspecified atom stereocenters. The minimum atomic E-state index is -3.92. The molecule has 2 aliphatic rings. The fourth-order valence-electron chi connectivity index (χ4n) is 4.23. The molecule has 2 fully saturated rings. The van der Waals surface area contributed by atoms with Crippen LogP contribution in [0.3, 0.4) is 0 Å². The van der Waals surface area contributed by atoms with Gasteiger partial charge in [-0.25, -0.2) is 12.8 Å². The fraction of sp³-hybridized carbons (Fsp3) is 0.391. The number of sulfonamides is 1. The van der Waals surface area contributed by atoms with E-state index >= 15 is 0 Å². The lowest BCUT2D eigenvalue weighted by atomic mass is 10.1. The van der Waals surface area contributed by atoms with Gasteiger partial charge < -0.3 is 10.2 Å². The molecule has 1 atom stereocenters. The number of hydrogen-bond donors (Lipinski definition) is 1. The zero-order valence-electron chi connectivity index (χ0n) is 17.7. The van der Waals surface area contributed by atoms with Crippen molar-refractivity contribution in [3.63, 3.8) is 0 Å². The third kappa shape index (κ3) is 4.68. The van der Waals surface area contributed by atoms with E-state index in [9.17, 15) is 22.4 Å². The number of nitrogens with one attached hydrogen (secondary N) is 1. The van der Waals surface area contributed by atoms with Gasteiger partial charge in [-0.05, 0) is 80.6 Å². The first kappa shape index (κ1) is 22.4. The van der Waals surface area contributed by atoms with E-state index in [0.29, 0.717) is 24.1 Å². The lowest BCUT2D eigenvalue weighted by molar-refractivity contribution is -0.119. The topological polar surface area (TPSA) is 86.8 Å². The van der Waals surface area contributed by atoms with Gasteiger partial charge in [0.15, 0.2) is 0 Å². The Morgan fingerprint density at radius 3 is 2.19 bits per heavy atom. The number of piperidine rings is 1. The maximum atomic E-state index is 13.2. The molecule has 0 saturated carbocycles. The van der Waals surface area contributed by atoms with Gasteiger partial charge in [0.2, 0.25) is 15.9 Å². The Hall–Kier alpha value is -2.78. The minimum Gasteiger partial charge on any atom is -0.339 e. The van der Waals surface area contributed by atoms with Gasteiger partial charge in [0.25, 0.3) is 5.91 Å². The molecule has 9 heteroatoms. The van der Waals surface area contributed by atoms with Crippen LogP contribution >= 0.6 is 0 Å². The lowest BCUT2D eigenvalue weighted by Gasteiger charge is -2.26. The molecular formula is C23H26FN3O4S. The molecule has 4 rings (SSSR count). The van der Waals surface area contributed by atoms with E-state index in [0.717, 1.165) is 44.5 Å². The van der Waals surface area contributed by atoms with Crippen molar-refractivity contribution in [2.45, 2.75) is 43.0 Å². The molecule has 2 aromatic carbocycles. The van der Waals surface area contributed by atoms with Crippen LogP contribution in [0.5, 0.6) is 0 Å². The largest absolute Gasteiger partial charge is 0.339 e. The molecule has 2 aliphatic heterocycles. The number of rotatable bonds is 5. The second-order valence-electron chi connectivity index (χ2n) is 8.15. The van der Waals surface area contributed by atoms with Crippen molar-refractivity contribution < 1.29 is 22.4 Å². The van der Waals surface area contributed by atoms with E-state index in [1.807, 2.05) is 4.90 Å². The number of amides is 2. The van der Waals surface area contributed by atoms with Gasteiger partial charge in [0.1, 0.15) is 11.9 Å². The van der Waals surface area contributed by atoms with Crippen LogP contribution in [-0.2, 0) is 14.8 Å². The zero-order chi connectivity index (χ0) is 22.7. The van der Waals surface area contributed by atoms with Gasteiger partial charge in [0, 0.05) is 30.9 Å². The maximum Gasteiger partial charge on any atom is 0.253 e. The van der Waals surface area contributed by atoms with Gasteiger partial charge in [-0.15, -0.1) is 0 Å². The summed E-state index contributed by atoms with van der Waals surface area (Å²) in [6.07, 6.45) is 4.13. The average Bonchev–Trinajstić information content (AvgIpc) is 3.31. The van der Waals surface area contributed by atoms with Crippen LogP contribution in [0, 0.1) is 5.82 Å². The van der Waals surface area contributed by atoms with Gasteiger partial charge in [-0.1, -0.05) is 0 Å². The summed E-state index contributed by atoms with van der Waals surface area (Å²) in [5.74, 6) is -0.972. The molecule has 2 amide bonds. The average molecular weight is 460 g/mol. The molecule has 2 saturated heterocycles. The van der Waals surface area contributed by atoms with Crippen molar-refractivity contribution >= 4 is 27.5 Å². The highest BCUT2D eigenvalue weighted by molar-refractivity contribution is 7.89. The summed E-state index contributed by atoms with van der Waals surface area (Å²) in [5.41, 5.74) is 1.06. The van der Waals surface area contributed by atoms with Crippen molar-refractivity contribution in [2.75, 3.05) is 25.0 Å². The van der Waals surface area contributed by atoms with Crippen LogP contribution < -0.4 is 5.32 Å². The smallest absolute Gasteiger partial charge is 0.253 e. The normalized spacial score (nSPS) is 19.7. The number of nitrogens with zero attached hydrogens (tertiary/aromatic N) is 2. The summed E-state index contributed by atoms with van der Waals surface area (Å²) in [6.45, 7) is 1.75. The lowest BCUT2D eigenvalue weighted by Crippen LogP contribution is -2.43. The number of carbonyl (C=O) groups excluding carboxylic acids is 2. The number of halogens is 1. The van der Waals surface area contributed by atoms with Crippen LogP contribution in [0.4, 0.5) is 10.1 Å². The Kier molecular flexibility index (Phi) is 6.57. The molecule has 0 aliphatic carbocycles. The van der Waals surface area contributed by atoms with E-state index < -0.39 is 27.8 Å². The fourth-order valence-corrected chi connectivity index (χ4v) is 5.89. The molecule has 0 aromatic heterocycles. The molecule has 0 bridgehead atoms. The van der Waals surface area contributed by atoms with E-state index in [1.165, 1.54) is 16.4 Å². The van der Waals surface area contributed by atoms with Crippen LogP contribution in [0.25, 0.3) is 0 Å². The van der Waals surface area contributed by atoms with E-state index in [1.54, 1.807) is 24.3 Å². The molecule has 7 nitrogen and oxygen atoms in total. The van der Waals surface area contributed by atoms with Crippen LogP contribution in [0.2, 0.25) is 0 Å². The number of likely N-dealkylation sites (tertiary alicyclic amines) is 1. The van der Waals surface area contributed by atoms with Gasteiger partial charge >= 0.3 is 0 Å². The highest BCUT2D eigenvalue weighted by Crippen LogP contribution is 2.27. The summed E-state index contributed by atoms with van der Waals surface area (Å²) in [5, 5.41) is 2.76. The minimum absolute atomic E-state index is 0.0186. The number of anilines is 1. The maximum absolute atomic E-state index is 13.2. The SMILES string of the molecule is O=C(Nc1ccc(C(=O)N2CCCCC2)cc1)[C@@H]1CCCN1S(=O)(=O)c1ccc(F)cc1. The quantitative estimate of drug-likeness (QED) is 0.744. The van der Waals surface area contributed by atoms with E-state index in [-0.39, 0.29) is 17.3 Å². The monoisotopic (exact) mass is 459 g/mol. The molecule has 1 N–H and O–H groups in total. The highest BCUT2D eigenvalue weighted by atomic mass is 32.2. The third-order valence-corrected chi connectivity index (χ3v) is 7.89. The summed E-state index contributed by atoms with van der Waals surface area (Å²) in [7, 11) is -3.92. The predicted molar refractivity (Wildman–Crippen MR) is 118 cm³/mol. The molecule has 2 aromatic rings. The van der Waals surface area contributed by atoms with Crippen LogP contribution in [-0.4, -0.2) is 55.1 Å². The first-order chi connectivity index (χ1) is 15.4. The first-order valence-electron chi connectivity index (χ1n) is 10.8. The summed E-state index contributed by atoms with van der Waals surface area (Å²) >= 11 is 0. The van der Waals surface area contributed by atoms with Crippen molar-refractivity contribution in [2.24, 2.45) is 0 Å². The number of benzene rings is 2.